The van der Waals surface area contributed by atoms with Gasteiger partial charge in [-0.15, -0.1) is 0 Å². The average Bonchev–Trinajstić information content (AvgIpc) is 2.89. The van der Waals surface area contributed by atoms with Gasteiger partial charge in [0.2, 0.25) is 0 Å². The Hall–Kier alpha value is -2.97. The summed E-state index contributed by atoms with van der Waals surface area (Å²) in [6.45, 7) is 0. The lowest BCUT2D eigenvalue weighted by Crippen LogP contribution is -2.27. The van der Waals surface area contributed by atoms with E-state index < -0.39 is 11.9 Å². The summed E-state index contributed by atoms with van der Waals surface area (Å²) >= 11 is 6.32. The Labute approximate surface area is 157 Å². The Bertz CT molecular complexity index is 966. The summed E-state index contributed by atoms with van der Waals surface area (Å²) in [5.41, 5.74) is 1.04. The van der Waals surface area contributed by atoms with Crippen molar-refractivity contribution in [1.82, 2.24) is 0 Å². The normalized spacial score (nSPS) is 15.5. The molecule has 8 heteroatoms. The van der Waals surface area contributed by atoms with E-state index >= 15 is 0 Å². The summed E-state index contributed by atoms with van der Waals surface area (Å²) in [4.78, 5) is 36.5. The Morgan fingerprint density at radius 3 is 2.27 bits per heavy atom. The van der Waals surface area contributed by atoms with Crippen molar-refractivity contribution in [2.24, 2.45) is 0 Å². The smallest absolute Gasteiger partial charge is 0.336 e. The van der Waals surface area contributed by atoms with Crippen molar-refractivity contribution in [2.45, 2.75) is 0 Å². The number of carbonyl (C=O) groups excluding carboxylic acids is 1. The maximum atomic E-state index is 12.7. The fourth-order valence-electron chi connectivity index (χ4n) is 2.40. The van der Waals surface area contributed by atoms with Gasteiger partial charge in [0.1, 0.15) is 0 Å². The first-order valence-electron chi connectivity index (χ1n) is 7.32. The highest BCUT2D eigenvalue weighted by atomic mass is 32.2. The van der Waals surface area contributed by atoms with Gasteiger partial charge in [0, 0.05) is 0 Å². The number of hydrogen-bond acceptors (Lipinski definition) is 5. The van der Waals surface area contributed by atoms with Crippen LogP contribution >= 0.6 is 24.0 Å². The number of aromatic carboxylic acids is 2. The Morgan fingerprint density at radius 2 is 1.65 bits per heavy atom. The quantitative estimate of drug-likeness (QED) is 0.614. The van der Waals surface area contributed by atoms with E-state index in [9.17, 15) is 19.5 Å². The fraction of sp³-hybridized carbons (Fsp3) is 0. The minimum Gasteiger partial charge on any atom is -0.478 e. The highest BCUT2D eigenvalue weighted by molar-refractivity contribution is 8.27. The molecule has 1 aliphatic rings. The van der Waals surface area contributed by atoms with Crippen molar-refractivity contribution < 1.29 is 24.6 Å². The first-order chi connectivity index (χ1) is 12.4. The van der Waals surface area contributed by atoms with Gasteiger partial charge in [0.15, 0.2) is 4.32 Å². The number of benzene rings is 2. The summed E-state index contributed by atoms with van der Waals surface area (Å²) in [5, 5.41) is 18.2. The number of anilines is 1. The number of carbonyl (C=O) groups is 3. The van der Waals surface area contributed by atoms with Crippen molar-refractivity contribution in [3.05, 3.63) is 70.1 Å². The Balaban J connectivity index is 1.94. The lowest BCUT2D eigenvalue weighted by molar-refractivity contribution is -0.113. The molecule has 0 aliphatic carbocycles. The highest BCUT2D eigenvalue weighted by Crippen LogP contribution is 2.36. The third kappa shape index (κ3) is 3.37. The van der Waals surface area contributed by atoms with Gasteiger partial charge in [-0.25, -0.2) is 9.59 Å². The molecule has 1 amide bonds. The van der Waals surface area contributed by atoms with Gasteiger partial charge in [0.25, 0.3) is 5.91 Å². The molecule has 2 aromatic rings. The van der Waals surface area contributed by atoms with Crippen LogP contribution in [0.1, 0.15) is 26.3 Å². The predicted molar refractivity (Wildman–Crippen MR) is 102 cm³/mol. The van der Waals surface area contributed by atoms with Gasteiger partial charge in [-0.2, -0.15) is 0 Å². The minimum atomic E-state index is -1.09. The summed E-state index contributed by atoms with van der Waals surface area (Å²) in [6, 6.07) is 12.1. The highest BCUT2D eigenvalue weighted by Gasteiger charge is 2.33. The second-order valence-corrected chi connectivity index (χ2v) is 6.94. The van der Waals surface area contributed by atoms with Crippen LogP contribution in [0.5, 0.6) is 0 Å². The average molecular weight is 385 g/mol. The van der Waals surface area contributed by atoms with Crippen LogP contribution in [-0.4, -0.2) is 32.4 Å². The molecule has 0 aromatic heterocycles. The molecule has 0 saturated carbocycles. The second kappa shape index (κ2) is 7.11. The Morgan fingerprint density at radius 1 is 1.00 bits per heavy atom. The van der Waals surface area contributed by atoms with E-state index in [-0.39, 0.29) is 21.4 Å². The van der Waals surface area contributed by atoms with E-state index in [2.05, 4.69) is 0 Å². The standard InChI is InChI=1S/C18H11NO5S2/c20-15-14(9-11-3-1-2-4-13(11)17(23)24)26-18(25)19(15)12-7-5-10(6-8-12)16(21)22/h1-9H,(H,21,22)(H,23,24)/b14-9+. The summed E-state index contributed by atoms with van der Waals surface area (Å²) in [6.07, 6.45) is 1.49. The van der Waals surface area contributed by atoms with Crippen LogP contribution in [0.2, 0.25) is 0 Å². The fourth-order valence-corrected chi connectivity index (χ4v) is 3.69. The number of hydrogen-bond donors (Lipinski definition) is 2. The molecule has 6 nitrogen and oxygen atoms in total. The van der Waals surface area contributed by atoms with Gasteiger partial charge in [-0.05, 0) is 42.0 Å². The number of thioether (sulfide) groups is 1. The molecule has 1 fully saturated rings. The number of amides is 1. The molecule has 0 atom stereocenters. The van der Waals surface area contributed by atoms with Crippen molar-refractivity contribution in [3.63, 3.8) is 0 Å². The molecule has 2 N–H and O–H groups in total. The third-order valence-electron chi connectivity index (χ3n) is 3.64. The van der Waals surface area contributed by atoms with E-state index in [0.29, 0.717) is 16.2 Å². The summed E-state index contributed by atoms with van der Waals surface area (Å²) in [7, 11) is 0. The van der Waals surface area contributed by atoms with Crippen molar-refractivity contribution in [1.29, 1.82) is 0 Å². The van der Waals surface area contributed by atoms with Gasteiger partial charge in [0.05, 0.1) is 21.7 Å². The maximum Gasteiger partial charge on any atom is 0.336 e. The zero-order valence-electron chi connectivity index (χ0n) is 13.1. The largest absolute Gasteiger partial charge is 0.478 e. The van der Waals surface area contributed by atoms with Crippen molar-refractivity contribution in [2.75, 3.05) is 4.90 Å². The summed E-state index contributed by atoms with van der Waals surface area (Å²) in [5.74, 6) is -2.54. The first-order valence-corrected chi connectivity index (χ1v) is 8.54. The van der Waals surface area contributed by atoms with Crippen LogP contribution < -0.4 is 4.90 Å². The topological polar surface area (TPSA) is 94.9 Å². The summed E-state index contributed by atoms with van der Waals surface area (Å²) < 4.78 is 0.289. The molecule has 0 bridgehead atoms. The number of carboxylic acids is 2. The molecule has 0 spiro atoms. The number of nitrogens with zero attached hydrogens (tertiary/aromatic N) is 1. The van der Waals surface area contributed by atoms with Gasteiger partial charge >= 0.3 is 11.9 Å². The van der Waals surface area contributed by atoms with Crippen LogP contribution in [0.3, 0.4) is 0 Å². The second-order valence-electron chi connectivity index (χ2n) is 5.26. The molecule has 1 heterocycles. The molecule has 1 aliphatic heterocycles. The van der Waals surface area contributed by atoms with Crippen LogP contribution in [0.25, 0.3) is 6.08 Å². The lowest BCUT2D eigenvalue weighted by atomic mass is 10.1. The zero-order chi connectivity index (χ0) is 18.8. The van der Waals surface area contributed by atoms with E-state index in [4.69, 9.17) is 17.3 Å². The molecular weight excluding hydrogens is 374 g/mol. The van der Waals surface area contributed by atoms with E-state index in [0.717, 1.165) is 11.8 Å². The zero-order valence-corrected chi connectivity index (χ0v) is 14.7. The van der Waals surface area contributed by atoms with Crippen molar-refractivity contribution in [3.8, 4) is 0 Å². The SMILES string of the molecule is O=C(O)c1ccc(N2C(=O)/C(=C\c3ccccc3C(=O)O)SC2=S)cc1. The molecular formula is C18H11NO5S2. The predicted octanol–water partition coefficient (Wildman–Crippen LogP) is 3.49. The number of rotatable bonds is 4. The van der Waals surface area contributed by atoms with E-state index in [1.54, 1.807) is 18.2 Å². The van der Waals surface area contributed by atoms with Crippen LogP contribution in [0.15, 0.2) is 53.4 Å². The van der Waals surface area contributed by atoms with E-state index in [1.807, 2.05) is 0 Å². The van der Waals surface area contributed by atoms with Gasteiger partial charge < -0.3 is 10.2 Å². The minimum absolute atomic E-state index is 0.0866. The number of thiocarbonyl (C=S) groups is 1. The van der Waals surface area contributed by atoms with E-state index in [1.165, 1.54) is 41.3 Å². The molecule has 3 rings (SSSR count). The molecule has 26 heavy (non-hydrogen) atoms. The van der Waals surface area contributed by atoms with Crippen LogP contribution in [-0.2, 0) is 4.79 Å². The maximum absolute atomic E-state index is 12.7. The van der Waals surface area contributed by atoms with Crippen LogP contribution in [0.4, 0.5) is 5.69 Å². The molecule has 130 valence electrons. The van der Waals surface area contributed by atoms with Crippen LogP contribution in [0, 0.1) is 0 Å². The van der Waals surface area contributed by atoms with Gasteiger partial charge in [-0.3, -0.25) is 9.69 Å². The molecule has 0 unspecified atom stereocenters. The lowest BCUT2D eigenvalue weighted by Gasteiger charge is -2.14. The number of carboxylic acid groups (broad SMARTS) is 2. The van der Waals surface area contributed by atoms with Crippen molar-refractivity contribution >= 4 is 57.9 Å². The van der Waals surface area contributed by atoms with Gasteiger partial charge in [-0.1, -0.05) is 42.2 Å². The first kappa shape index (κ1) is 17.8. The molecule has 1 saturated heterocycles. The monoisotopic (exact) mass is 385 g/mol. The third-order valence-corrected chi connectivity index (χ3v) is 4.95. The molecule has 2 aromatic carbocycles. The Kier molecular flexibility index (Phi) is 4.88. The molecule has 0 radical (unpaired) electrons.